The first kappa shape index (κ1) is 18.7. The van der Waals surface area contributed by atoms with Gasteiger partial charge in [0.1, 0.15) is 5.82 Å². The van der Waals surface area contributed by atoms with Crippen LogP contribution in [0.15, 0.2) is 43.0 Å². The first-order valence-electron chi connectivity index (χ1n) is 10.5. The minimum absolute atomic E-state index is 0.0311. The highest BCUT2D eigenvalue weighted by molar-refractivity contribution is 5.98. The number of aryl methyl sites for hydroxylation is 1. The van der Waals surface area contributed by atoms with Gasteiger partial charge in [0.05, 0.1) is 41.7 Å². The number of anilines is 1. The zero-order chi connectivity index (χ0) is 20.5. The van der Waals surface area contributed by atoms with Gasteiger partial charge >= 0.3 is 0 Å². The Morgan fingerprint density at radius 1 is 1.03 bits per heavy atom. The third kappa shape index (κ3) is 3.90. The minimum Gasteiger partial charge on any atom is -0.364 e. The lowest BCUT2D eigenvalue weighted by Crippen LogP contribution is -2.43. The Morgan fingerprint density at radius 2 is 1.83 bits per heavy atom. The fourth-order valence-electron chi connectivity index (χ4n) is 4.13. The molecule has 0 bridgehead atoms. The van der Waals surface area contributed by atoms with E-state index in [-0.39, 0.29) is 18.0 Å². The topological polar surface area (TPSA) is 97.6 Å². The molecule has 0 unspecified atom stereocenters. The molecule has 2 saturated carbocycles. The van der Waals surface area contributed by atoms with Crippen molar-refractivity contribution in [2.24, 2.45) is 0 Å². The molecule has 0 saturated heterocycles. The maximum Gasteiger partial charge on any atom is 0.253 e. The summed E-state index contributed by atoms with van der Waals surface area (Å²) in [5, 5.41) is 15.1. The van der Waals surface area contributed by atoms with E-state index in [1.165, 1.54) is 23.2 Å². The zero-order valence-corrected chi connectivity index (χ0v) is 17.0. The molecule has 2 N–H and O–H groups in total. The molecule has 2 aromatic heterocycles. The summed E-state index contributed by atoms with van der Waals surface area (Å²) in [6, 6.07) is 6.21. The zero-order valence-electron chi connectivity index (χ0n) is 17.0. The van der Waals surface area contributed by atoms with Gasteiger partial charge in [0.25, 0.3) is 5.91 Å². The molecule has 0 spiro atoms. The predicted octanol–water partition coefficient (Wildman–Crippen LogP) is 3.01. The van der Waals surface area contributed by atoms with Crippen molar-refractivity contribution in [3.05, 3.63) is 59.8 Å². The van der Waals surface area contributed by atoms with E-state index < -0.39 is 0 Å². The number of nitrogens with zero attached hydrogens (tertiary/aromatic N) is 5. The standard InChI is InChI=1S/C22H25N7O/c1-14-12-24-21(13-23-14)27-18-3-2-4-19(18)28-22(30)17-11-16(15-5-6-15)7-8-20(17)29-25-9-10-26-29/h7-13,15,18-19H,2-6H2,1H3,(H,24,27)(H,28,30)/t18-,19-/m0/s1. The van der Waals surface area contributed by atoms with Crippen LogP contribution < -0.4 is 10.6 Å². The van der Waals surface area contributed by atoms with Gasteiger partial charge in [0, 0.05) is 12.1 Å². The third-order valence-corrected chi connectivity index (χ3v) is 5.89. The van der Waals surface area contributed by atoms with Crippen LogP contribution in [0.25, 0.3) is 5.69 Å². The van der Waals surface area contributed by atoms with E-state index in [4.69, 9.17) is 0 Å². The Bertz CT molecular complexity index is 1030. The molecule has 2 fully saturated rings. The summed E-state index contributed by atoms with van der Waals surface area (Å²) in [5.74, 6) is 1.22. The van der Waals surface area contributed by atoms with E-state index in [0.717, 1.165) is 30.8 Å². The van der Waals surface area contributed by atoms with Gasteiger partial charge in [-0.25, -0.2) is 4.98 Å². The molecule has 0 radical (unpaired) electrons. The highest BCUT2D eigenvalue weighted by atomic mass is 16.1. The smallest absolute Gasteiger partial charge is 0.253 e. The van der Waals surface area contributed by atoms with Crippen molar-refractivity contribution in [1.82, 2.24) is 30.3 Å². The van der Waals surface area contributed by atoms with E-state index >= 15 is 0 Å². The van der Waals surface area contributed by atoms with Crippen molar-refractivity contribution < 1.29 is 4.79 Å². The normalized spacial score (nSPS) is 20.8. The van der Waals surface area contributed by atoms with Gasteiger partial charge in [0.15, 0.2) is 0 Å². The average Bonchev–Trinajstić information content (AvgIpc) is 3.29. The van der Waals surface area contributed by atoms with Gasteiger partial charge in [-0.15, -0.1) is 0 Å². The van der Waals surface area contributed by atoms with Gasteiger partial charge in [-0.05, 0) is 62.6 Å². The highest BCUT2D eigenvalue weighted by Crippen LogP contribution is 2.40. The van der Waals surface area contributed by atoms with Crippen LogP contribution in [0.3, 0.4) is 0 Å². The number of hydrogen-bond donors (Lipinski definition) is 2. The van der Waals surface area contributed by atoms with Crippen molar-refractivity contribution in [3.8, 4) is 5.69 Å². The van der Waals surface area contributed by atoms with Crippen LogP contribution in [-0.4, -0.2) is 43.0 Å². The van der Waals surface area contributed by atoms with Crippen LogP contribution in [0.1, 0.15) is 59.6 Å². The SMILES string of the molecule is Cc1cnc(N[C@H]2CCC[C@@H]2NC(=O)c2cc(C3CC3)ccc2-n2nccn2)cn1. The lowest BCUT2D eigenvalue weighted by molar-refractivity contribution is 0.0935. The number of rotatable bonds is 6. The summed E-state index contributed by atoms with van der Waals surface area (Å²) >= 11 is 0. The summed E-state index contributed by atoms with van der Waals surface area (Å²) in [4.78, 5) is 23.5. The summed E-state index contributed by atoms with van der Waals surface area (Å²) in [6.45, 7) is 1.91. The molecule has 1 aromatic carbocycles. The van der Waals surface area contributed by atoms with Gasteiger partial charge < -0.3 is 10.6 Å². The molecule has 8 nitrogen and oxygen atoms in total. The molecule has 2 heterocycles. The summed E-state index contributed by atoms with van der Waals surface area (Å²) < 4.78 is 0. The minimum atomic E-state index is -0.0847. The number of aromatic nitrogens is 5. The van der Waals surface area contributed by atoms with Crippen LogP contribution in [0.2, 0.25) is 0 Å². The first-order valence-corrected chi connectivity index (χ1v) is 10.5. The van der Waals surface area contributed by atoms with Crippen molar-refractivity contribution >= 4 is 11.7 Å². The van der Waals surface area contributed by atoms with Gasteiger partial charge in [-0.1, -0.05) is 6.07 Å². The molecule has 0 aliphatic heterocycles. The molecular formula is C22H25N7O. The van der Waals surface area contributed by atoms with E-state index in [1.807, 2.05) is 19.1 Å². The Morgan fingerprint density at radius 3 is 2.57 bits per heavy atom. The first-order chi connectivity index (χ1) is 14.7. The van der Waals surface area contributed by atoms with Crippen LogP contribution in [-0.2, 0) is 0 Å². The fourth-order valence-corrected chi connectivity index (χ4v) is 4.13. The molecule has 2 aliphatic rings. The van der Waals surface area contributed by atoms with Crippen LogP contribution in [0.4, 0.5) is 5.82 Å². The second-order valence-electron chi connectivity index (χ2n) is 8.17. The van der Waals surface area contributed by atoms with Crippen molar-refractivity contribution in [3.63, 3.8) is 0 Å². The van der Waals surface area contributed by atoms with Crippen molar-refractivity contribution in [2.75, 3.05) is 5.32 Å². The molecule has 5 rings (SSSR count). The van der Waals surface area contributed by atoms with Crippen LogP contribution in [0, 0.1) is 6.92 Å². The van der Waals surface area contributed by atoms with E-state index in [1.54, 1.807) is 24.8 Å². The number of hydrogen-bond acceptors (Lipinski definition) is 6. The predicted molar refractivity (Wildman–Crippen MR) is 113 cm³/mol. The Hall–Kier alpha value is -3.29. The van der Waals surface area contributed by atoms with Gasteiger partial charge in [0.2, 0.25) is 0 Å². The van der Waals surface area contributed by atoms with E-state index in [9.17, 15) is 4.79 Å². The molecule has 3 aromatic rings. The van der Waals surface area contributed by atoms with Gasteiger partial charge in [-0.3, -0.25) is 9.78 Å². The number of benzene rings is 1. The maximum atomic E-state index is 13.3. The average molecular weight is 403 g/mol. The lowest BCUT2D eigenvalue weighted by atomic mass is 10.0. The van der Waals surface area contributed by atoms with Crippen LogP contribution >= 0.6 is 0 Å². The Labute approximate surface area is 175 Å². The monoisotopic (exact) mass is 403 g/mol. The molecule has 2 aliphatic carbocycles. The summed E-state index contributed by atoms with van der Waals surface area (Å²) in [5.41, 5.74) is 3.42. The number of carbonyl (C=O) groups excluding carboxylic acids is 1. The molecule has 2 atom stereocenters. The lowest BCUT2D eigenvalue weighted by Gasteiger charge is -2.23. The summed E-state index contributed by atoms with van der Waals surface area (Å²) in [7, 11) is 0. The second kappa shape index (κ2) is 7.85. The number of nitrogens with one attached hydrogen (secondary N) is 2. The van der Waals surface area contributed by atoms with E-state index in [2.05, 4.69) is 36.9 Å². The van der Waals surface area contributed by atoms with Crippen molar-refractivity contribution in [2.45, 2.75) is 57.0 Å². The molecular weight excluding hydrogens is 378 g/mol. The second-order valence-corrected chi connectivity index (χ2v) is 8.17. The Kier molecular flexibility index (Phi) is 4.90. The third-order valence-electron chi connectivity index (χ3n) is 5.89. The quantitative estimate of drug-likeness (QED) is 0.657. The molecule has 154 valence electrons. The molecule has 1 amide bonds. The maximum absolute atomic E-state index is 13.3. The number of amides is 1. The number of carbonyl (C=O) groups is 1. The van der Waals surface area contributed by atoms with Crippen LogP contribution in [0.5, 0.6) is 0 Å². The fraction of sp³-hybridized carbons (Fsp3) is 0.409. The molecule has 30 heavy (non-hydrogen) atoms. The molecule has 8 heteroatoms. The Balaban J connectivity index is 1.36. The highest BCUT2D eigenvalue weighted by Gasteiger charge is 2.31. The largest absolute Gasteiger partial charge is 0.364 e. The van der Waals surface area contributed by atoms with Gasteiger partial charge in [-0.2, -0.15) is 15.0 Å². The van der Waals surface area contributed by atoms with E-state index in [0.29, 0.717) is 17.2 Å². The van der Waals surface area contributed by atoms with Crippen molar-refractivity contribution in [1.29, 1.82) is 0 Å². The summed E-state index contributed by atoms with van der Waals surface area (Å²) in [6.07, 6.45) is 12.1.